The summed E-state index contributed by atoms with van der Waals surface area (Å²) in [5.41, 5.74) is 0. The molecule has 0 aromatic heterocycles. The Labute approximate surface area is 199 Å². The second kappa shape index (κ2) is 12.8. The molecule has 3 aliphatic heterocycles. The van der Waals surface area contributed by atoms with Gasteiger partial charge in [0.15, 0.2) is 24.1 Å². The topological polar surface area (TPSA) is 327 Å². The van der Waals surface area contributed by atoms with E-state index in [9.17, 15) is 24.6 Å². The molecule has 204 valence electrons. The first-order chi connectivity index (χ1) is 16.7. The summed E-state index contributed by atoms with van der Waals surface area (Å²) in [7, 11) is 0. The number of carbonyl (C=O) groups excluding carboxylic acids is 3. The molecule has 0 amide bonds. The number of aliphatic hydroxyl groups excluding tert-OH is 10. The molecule has 18 nitrogen and oxygen atoms in total. The molecule has 0 radical (unpaired) electrons. The minimum Gasteiger partial charge on any atom is -0.865 e. The Balaban J connectivity index is 0.000000270. The van der Waals surface area contributed by atoms with Crippen molar-refractivity contribution in [2.45, 2.75) is 36.6 Å². The Kier molecular flexibility index (Phi) is 10.7. The van der Waals surface area contributed by atoms with E-state index in [-0.39, 0.29) is 0 Å². The second-order valence-corrected chi connectivity index (χ2v) is 6.89. The molecule has 3 rings (SSSR count). The molecule has 0 fully saturated rings. The standard InChI is InChI=1S/3C6H8O6/c3*7-1-2(8)5-3(9)4(10)6(11)12-5/h3*2,5,7-10H,1H2/p-2/t3*2-,5+/m000/s1. The van der Waals surface area contributed by atoms with Crippen LogP contribution in [0, 0.1) is 0 Å². The molecule has 6 atom stereocenters. The van der Waals surface area contributed by atoms with Gasteiger partial charge in [0.05, 0.1) is 19.8 Å². The summed E-state index contributed by atoms with van der Waals surface area (Å²) in [6.07, 6.45) is -8.54. The largest absolute Gasteiger partial charge is 0.865 e. The minimum absolute atomic E-state index is 0.671. The number of hydrogen-bond acceptors (Lipinski definition) is 18. The number of esters is 3. The summed E-state index contributed by atoms with van der Waals surface area (Å²) in [5.74, 6) is -9.28. The van der Waals surface area contributed by atoms with Gasteiger partial charge in [0.1, 0.15) is 29.8 Å². The highest BCUT2D eigenvalue weighted by Gasteiger charge is 2.39. The Morgan fingerprint density at radius 1 is 0.583 bits per heavy atom. The lowest BCUT2D eigenvalue weighted by Gasteiger charge is -2.14. The molecule has 10 N–H and O–H groups in total. The number of carbonyl (C=O) groups is 3. The lowest BCUT2D eigenvalue weighted by molar-refractivity contribution is -0.303. The van der Waals surface area contributed by atoms with Crippen molar-refractivity contribution in [1.82, 2.24) is 0 Å². The first-order valence-electron chi connectivity index (χ1n) is 9.55. The zero-order valence-electron chi connectivity index (χ0n) is 17.8. The van der Waals surface area contributed by atoms with Gasteiger partial charge >= 0.3 is 17.9 Å². The van der Waals surface area contributed by atoms with Crippen LogP contribution in [0.4, 0.5) is 0 Å². The quantitative estimate of drug-likeness (QED) is 0.113. The molecule has 0 spiro atoms. The highest BCUT2D eigenvalue weighted by Crippen LogP contribution is 2.21. The average Bonchev–Trinajstić information content (AvgIpc) is 3.40. The van der Waals surface area contributed by atoms with Crippen molar-refractivity contribution in [3.63, 3.8) is 0 Å². The normalized spacial score (nSPS) is 25.8. The first kappa shape index (κ1) is 30.2. The molecular formula is C18H22O18-2. The summed E-state index contributed by atoms with van der Waals surface area (Å²) >= 11 is 0. The van der Waals surface area contributed by atoms with Gasteiger partial charge in [-0.05, 0) is 0 Å². The predicted octanol–water partition coefficient (Wildman–Crippen LogP) is -6.62. The maximum atomic E-state index is 10.6. The van der Waals surface area contributed by atoms with E-state index < -0.39 is 109 Å². The van der Waals surface area contributed by atoms with E-state index in [0.717, 1.165) is 0 Å². The Morgan fingerprint density at radius 2 is 0.861 bits per heavy atom. The monoisotopic (exact) mass is 526 g/mol. The van der Waals surface area contributed by atoms with Crippen molar-refractivity contribution in [1.29, 1.82) is 0 Å². The number of cyclic esters (lactones) is 3. The van der Waals surface area contributed by atoms with Crippen LogP contribution in [0.2, 0.25) is 0 Å². The van der Waals surface area contributed by atoms with E-state index in [0.29, 0.717) is 0 Å². The molecule has 0 saturated carbocycles. The summed E-state index contributed by atoms with van der Waals surface area (Å²) < 4.78 is 12.8. The highest BCUT2D eigenvalue weighted by molar-refractivity contribution is 5.89. The fraction of sp³-hybridized carbons (Fsp3) is 0.500. The molecule has 36 heavy (non-hydrogen) atoms. The van der Waals surface area contributed by atoms with Gasteiger partial charge in [-0.15, -0.1) is 0 Å². The maximum absolute atomic E-state index is 10.6. The summed E-state index contributed by atoms with van der Waals surface area (Å²) in [4.78, 5) is 31.5. The van der Waals surface area contributed by atoms with Gasteiger partial charge in [-0.1, -0.05) is 0 Å². The minimum atomic E-state index is -1.46. The van der Waals surface area contributed by atoms with E-state index in [1.54, 1.807) is 0 Å². The zero-order valence-corrected chi connectivity index (χ0v) is 17.8. The molecule has 18 heteroatoms. The number of rotatable bonds is 6. The van der Waals surface area contributed by atoms with Crippen LogP contribution in [-0.4, -0.2) is 125 Å². The third kappa shape index (κ3) is 6.65. The Morgan fingerprint density at radius 3 is 1.06 bits per heavy atom. The van der Waals surface area contributed by atoms with Crippen LogP contribution in [0.1, 0.15) is 0 Å². The van der Waals surface area contributed by atoms with Crippen LogP contribution < -0.4 is 10.2 Å². The number of ether oxygens (including phenoxy) is 3. The molecule has 0 bridgehead atoms. The van der Waals surface area contributed by atoms with Crippen molar-refractivity contribution in [2.24, 2.45) is 0 Å². The first-order valence-corrected chi connectivity index (χ1v) is 9.55. The Bertz CT molecular complexity index is 815. The van der Waals surface area contributed by atoms with Crippen LogP contribution in [0.3, 0.4) is 0 Å². The maximum Gasteiger partial charge on any atom is 0.377 e. The van der Waals surface area contributed by atoms with Crippen LogP contribution in [0.25, 0.3) is 0 Å². The smallest absolute Gasteiger partial charge is 0.377 e. The second-order valence-electron chi connectivity index (χ2n) is 6.89. The lowest BCUT2D eigenvalue weighted by Crippen LogP contribution is -2.31. The molecule has 0 saturated heterocycles. The third-order valence-electron chi connectivity index (χ3n) is 4.39. The van der Waals surface area contributed by atoms with Crippen LogP contribution in [0.15, 0.2) is 34.6 Å². The van der Waals surface area contributed by atoms with Crippen molar-refractivity contribution >= 4 is 17.9 Å². The molecular weight excluding hydrogens is 504 g/mol. The summed E-state index contributed by atoms with van der Waals surface area (Å²) in [6.45, 7) is -2.07. The van der Waals surface area contributed by atoms with Gasteiger partial charge in [0.2, 0.25) is 5.76 Å². The lowest BCUT2D eigenvalue weighted by atomic mass is 10.2. The van der Waals surface area contributed by atoms with Gasteiger partial charge in [-0.2, -0.15) is 0 Å². The van der Waals surface area contributed by atoms with E-state index in [4.69, 9.17) is 51.1 Å². The highest BCUT2D eigenvalue weighted by atomic mass is 16.6. The van der Waals surface area contributed by atoms with E-state index in [1.807, 2.05) is 0 Å². The zero-order chi connectivity index (χ0) is 27.9. The van der Waals surface area contributed by atoms with Gasteiger partial charge < -0.3 is 75.5 Å². The fourth-order valence-corrected chi connectivity index (χ4v) is 2.45. The summed E-state index contributed by atoms with van der Waals surface area (Å²) in [6, 6.07) is 0. The SMILES string of the molecule is O=C1O[C@H]([C@@H](O)CO)C(O)=C1O.O=C1O[C@H]([C@@H](O)CO)C(O)=C1[O-].O=C1O[C@H]([C@@H](O)CO)C(O)=C1[O-]. The van der Waals surface area contributed by atoms with E-state index >= 15 is 0 Å². The summed E-state index contributed by atoms with van der Waals surface area (Å²) in [5, 5.41) is 109. The van der Waals surface area contributed by atoms with Gasteiger partial charge in [-0.25, -0.2) is 14.4 Å². The molecule has 0 unspecified atom stereocenters. The molecule has 0 aromatic rings. The van der Waals surface area contributed by atoms with Gasteiger partial charge in [0.25, 0.3) is 0 Å². The molecule has 3 aliphatic rings. The van der Waals surface area contributed by atoms with Crippen molar-refractivity contribution in [2.75, 3.05) is 19.8 Å². The molecule has 0 aliphatic carbocycles. The predicted molar refractivity (Wildman–Crippen MR) is 101 cm³/mol. The van der Waals surface area contributed by atoms with Crippen LogP contribution in [0.5, 0.6) is 0 Å². The van der Waals surface area contributed by atoms with Gasteiger partial charge in [-0.3, -0.25) is 0 Å². The van der Waals surface area contributed by atoms with Gasteiger partial charge in [0, 0.05) is 11.5 Å². The molecule has 3 heterocycles. The number of aliphatic hydroxyl groups is 10. The number of hydrogen-bond donors (Lipinski definition) is 10. The van der Waals surface area contributed by atoms with E-state index in [2.05, 4.69) is 14.2 Å². The fourth-order valence-electron chi connectivity index (χ4n) is 2.45. The van der Waals surface area contributed by atoms with Crippen molar-refractivity contribution in [3.8, 4) is 0 Å². The van der Waals surface area contributed by atoms with Crippen molar-refractivity contribution in [3.05, 3.63) is 34.6 Å². The van der Waals surface area contributed by atoms with E-state index in [1.165, 1.54) is 0 Å². The average molecular weight is 526 g/mol. The van der Waals surface area contributed by atoms with Crippen LogP contribution in [-0.2, 0) is 28.6 Å². The Hall–Kier alpha value is -3.81. The van der Waals surface area contributed by atoms with Crippen LogP contribution >= 0.6 is 0 Å². The molecule has 0 aromatic carbocycles. The van der Waals surface area contributed by atoms with Crippen molar-refractivity contribution < 1.29 is 89.9 Å². The third-order valence-corrected chi connectivity index (χ3v) is 4.39.